The van der Waals surface area contributed by atoms with Crippen LogP contribution in [0.2, 0.25) is 0 Å². The van der Waals surface area contributed by atoms with E-state index in [9.17, 15) is 19.2 Å². The van der Waals surface area contributed by atoms with Gasteiger partial charge in [0.25, 0.3) is 0 Å². The van der Waals surface area contributed by atoms with Crippen molar-refractivity contribution in [2.45, 2.75) is 52.6 Å². The summed E-state index contributed by atoms with van der Waals surface area (Å²) in [4.78, 5) is 58.3. The number of thiazole rings is 1. The second-order valence-electron chi connectivity index (χ2n) is 9.95. The summed E-state index contributed by atoms with van der Waals surface area (Å²) in [5.41, 5.74) is 1.82. The van der Waals surface area contributed by atoms with Crippen molar-refractivity contribution >= 4 is 40.1 Å². The normalized spacial score (nSPS) is 12.3. The van der Waals surface area contributed by atoms with Gasteiger partial charge in [-0.05, 0) is 23.3 Å². The first kappa shape index (κ1) is 32.4. The topological polar surface area (TPSA) is 127 Å². The Kier molecular flexibility index (Phi) is 12.2. The van der Waals surface area contributed by atoms with Crippen molar-refractivity contribution in [1.29, 1.82) is 0 Å². The summed E-state index contributed by atoms with van der Waals surface area (Å²) < 4.78 is 10.6. The predicted molar refractivity (Wildman–Crippen MR) is 162 cm³/mol. The number of ketones is 1. The Morgan fingerprint density at radius 2 is 1.67 bits per heavy atom. The maximum atomic E-state index is 13.8. The number of aromatic nitrogens is 1. The minimum atomic E-state index is -1.19. The molecule has 3 aromatic rings. The van der Waals surface area contributed by atoms with Gasteiger partial charge in [-0.2, -0.15) is 0 Å². The fourth-order valence-corrected chi connectivity index (χ4v) is 4.90. The minimum absolute atomic E-state index is 0.0104. The van der Waals surface area contributed by atoms with Crippen molar-refractivity contribution in [3.05, 3.63) is 76.8 Å². The number of amides is 4. The maximum absolute atomic E-state index is 13.8. The molecule has 1 heterocycles. The zero-order valence-electron chi connectivity index (χ0n) is 24.6. The molecule has 0 radical (unpaired) electrons. The third-order valence-electron chi connectivity index (χ3n) is 6.57. The van der Waals surface area contributed by atoms with Gasteiger partial charge < -0.3 is 20.1 Å². The van der Waals surface area contributed by atoms with Crippen LogP contribution in [0.25, 0.3) is 0 Å². The summed E-state index contributed by atoms with van der Waals surface area (Å²) in [6, 6.07) is 14.5. The Morgan fingerprint density at radius 1 is 0.976 bits per heavy atom. The molecule has 0 aliphatic heterocycles. The molecule has 0 fully saturated rings. The molecule has 0 spiro atoms. The van der Waals surface area contributed by atoms with Crippen molar-refractivity contribution in [3.63, 3.8) is 0 Å². The molecule has 0 aliphatic rings. The predicted octanol–water partition coefficient (Wildman–Crippen LogP) is 5.27. The van der Waals surface area contributed by atoms with Crippen molar-refractivity contribution in [2.75, 3.05) is 25.6 Å². The molecule has 4 amide bonds. The zero-order valence-corrected chi connectivity index (χ0v) is 25.4. The highest BCUT2D eigenvalue weighted by Crippen LogP contribution is 2.27. The number of benzene rings is 2. The van der Waals surface area contributed by atoms with Gasteiger partial charge in [0.15, 0.2) is 10.9 Å². The number of carbonyl (C=O) groups excluding carboxylic acids is 4. The Labute approximate surface area is 250 Å². The first-order valence-corrected chi connectivity index (χ1v) is 14.7. The van der Waals surface area contributed by atoms with Crippen molar-refractivity contribution in [1.82, 2.24) is 15.2 Å². The van der Waals surface area contributed by atoms with Crippen LogP contribution >= 0.6 is 11.3 Å². The smallest absolute Gasteiger partial charge is 0.325 e. The average Bonchev–Trinajstić information content (AvgIpc) is 3.46. The summed E-state index contributed by atoms with van der Waals surface area (Å²) in [5.74, 6) is -1.36. The van der Waals surface area contributed by atoms with Gasteiger partial charge >= 0.3 is 6.03 Å². The first-order valence-electron chi connectivity index (χ1n) is 13.8. The van der Waals surface area contributed by atoms with E-state index in [4.69, 9.17) is 9.47 Å². The van der Waals surface area contributed by atoms with E-state index in [2.05, 4.69) is 15.6 Å². The quantitative estimate of drug-likeness (QED) is 0.192. The van der Waals surface area contributed by atoms with Gasteiger partial charge in [0.1, 0.15) is 24.1 Å². The molecule has 2 atom stereocenters. The molecule has 3 rings (SSSR count). The zero-order chi connectivity index (χ0) is 30.6. The van der Waals surface area contributed by atoms with Gasteiger partial charge in [-0.3, -0.25) is 19.3 Å². The van der Waals surface area contributed by atoms with Crippen LogP contribution in [-0.4, -0.2) is 59.9 Å². The highest BCUT2D eigenvalue weighted by Gasteiger charge is 2.39. The van der Waals surface area contributed by atoms with Gasteiger partial charge in [0, 0.05) is 37.3 Å². The number of carbonyl (C=O) groups is 4. The van der Waals surface area contributed by atoms with E-state index in [0.29, 0.717) is 19.0 Å². The van der Waals surface area contributed by atoms with Crippen LogP contribution in [0.1, 0.15) is 61.6 Å². The van der Waals surface area contributed by atoms with Crippen molar-refractivity contribution < 1.29 is 28.7 Å². The lowest BCUT2D eigenvalue weighted by Crippen LogP contribution is -2.55. The van der Waals surface area contributed by atoms with E-state index in [0.717, 1.165) is 27.4 Å². The summed E-state index contributed by atoms with van der Waals surface area (Å²) in [6.07, 6.45) is 0.0104. The van der Waals surface area contributed by atoms with Crippen molar-refractivity contribution in [3.8, 4) is 5.75 Å². The van der Waals surface area contributed by atoms with E-state index >= 15 is 0 Å². The molecule has 0 saturated heterocycles. The molecule has 224 valence electrons. The molecule has 1 unspecified atom stereocenters. The Balaban J connectivity index is 1.85. The SMILES string of the molecule is CCC(=O)N(C(=O)NCc1ccc(OCCOC)cc1)[C@H](C(=O)Nc1nc(C(=O)C(C)C)cs1)C(C)c1ccccc1. The highest BCUT2D eigenvalue weighted by atomic mass is 32.1. The molecule has 11 heteroatoms. The second kappa shape index (κ2) is 15.8. The number of imide groups is 1. The molecule has 42 heavy (non-hydrogen) atoms. The number of anilines is 1. The molecule has 0 bridgehead atoms. The summed E-state index contributed by atoms with van der Waals surface area (Å²) >= 11 is 1.11. The second-order valence-corrected chi connectivity index (χ2v) is 10.8. The van der Waals surface area contributed by atoms with Crippen LogP contribution in [0.3, 0.4) is 0 Å². The van der Waals surface area contributed by atoms with Crippen LogP contribution < -0.4 is 15.4 Å². The fraction of sp³-hybridized carbons (Fsp3) is 0.387. The lowest BCUT2D eigenvalue weighted by atomic mass is 9.91. The number of methoxy groups -OCH3 is 1. The molecular formula is C31H38N4O6S. The van der Waals surface area contributed by atoms with E-state index < -0.39 is 29.8 Å². The maximum Gasteiger partial charge on any atom is 0.325 e. The van der Waals surface area contributed by atoms with Gasteiger partial charge in [-0.1, -0.05) is 70.2 Å². The van der Waals surface area contributed by atoms with Crippen LogP contribution in [0, 0.1) is 5.92 Å². The Hall–Kier alpha value is -4.09. The Bertz CT molecular complexity index is 1340. The number of hydrogen-bond donors (Lipinski definition) is 2. The monoisotopic (exact) mass is 594 g/mol. The number of ether oxygens (including phenoxy) is 2. The third-order valence-corrected chi connectivity index (χ3v) is 7.33. The summed E-state index contributed by atoms with van der Waals surface area (Å²) in [6.45, 7) is 7.99. The number of nitrogens with zero attached hydrogens (tertiary/aromatic N) is 2. The largest absolute Gasteiger partial charge is 0.491 e. The molecule has 0 aliphatic carbocycles. The fourth-order valence-electron chi connectivity index (χ4n) is 4.20. The van der Waals surface area contributed by atoms with Crippen LogP contribution in [0.4, 0.5) is 9.93 Å². The molecule has 2 aromatic carbocycles. The van der Waals surface area contributed by atoms with E-state index in [1.807, 2.05) is 42.5 Å². The summed E-state index contributed by atoms with van der Waals surface area (Å²) in [5, 5.41) is 7.33. The minimum Gasteiger partial charge on any atom is -0.491 e. The van der Waals surface area contributed by atoms with Gasteiger partial charge in [0.05, 0.1) is 6.61 Å². The van der Waals surface area contributed by atoms with Crippen LogP contribution in [-0.2, 0) is 20.9 Å². The van der Waals surface area contributed by atoms with Crippen LogP contribution in [0.5, 0.6) is 5.75 Å². The molecule has 2 N–H and O–H groups in total. The van der Waals surface area contributed by atoms with E-state index in [1.165, 1.54) is 0 Å². The van der Waals surface area contributed by atoms with Gasteiger partial charge in [-0.25, -0.2) is 9.78 Å². The molecule has 10 nitrogen and oxygen atoms in total. The molecular weight excluding hydrogens is 556 g/mol. The third kappa shape index (κ3) is 8.70. The lowest BCUT2D eigenvalue weighted by molar-refractivity contribution is -0.135. The Morgan fingerprint density at radius 3 is 2.29 bits per heavy atom. The number of rotatable bonds is 14. The van der Waals surface area contributed by atoms with Gasteiger partial charge in [0.2, 0.25) is 11.8 Å². The van der Waals surface area contributed by atoms with Crippen LogP contribution in [0.15, 0.2) is 60.0 Å². The van der Waals surface area contributed by atoms with Crippen molar-refractivity contribution in [2.24, 2.45) is 5.92 Å². The standard InChI is InChI=1S/C31H38N4O6S/c1-6-26(36)35(31(39)32-18-22-12-14-24(15-13-22)41-17-16-40-5)27(21(4)23-10-8-7-9-11-23)29(38)34-30-33-25(19-42-30)28(37)20(2)3/h7-15,19-21,27H,6,16-18H2,1-5H3,(H,32,39)(H,33,34,38)/t21?,27-/m0/s1. The molecule has 0 saturated carbocycles. The average molecular weight is 595 g/mol. The van der Waals surface area contributed by atoms with E-state index in [-0.39, 0.29) is 35.5 Å². The number of Topliss-reactive ketones (excluding diaryl/α,β-unsaturated/α-hetero) is 1. The van der Waals surface area contributed by atoms with E-state index in [1.54, 1.807) is 52.3 Å². The number of urea groups is 1. The van der Waals surface area contributed by atoms with Gasteiger partial charge in [-0.15, -0.1) is 11.3 Å². The number of nitrogens with one attached hydrogen (secondary N) is 2. The number of hydrogen-bond acceptors (Lipinski definition) is 8. The first-order chi connectivity index (χ1) is 20.2. The summed E-state index contributed by atoms with van der Waals surface area (Å²) in [7, 11) is 1.60. The highest BCUT2D eigenvalue weighted by molar-refractivity contribution is 7.14. The lowest BCUT2D eigenvalue weighted by Gasteiger charge is -2.33. The molecule has 1 aromatic heterocycles.